The molecule has 3 aromatic rings. The summed E-state index contributed by atoms with van der Waals surface area (Å²) in [6.07, 6.45) is 10.1. The second-order valence-corrected chi connectivity index (χ2v) is 10.8. The first-order valence-corrected chi connectivity index (χ1v) is 15.6. The second kappa shape index (κ2) is 19.4. The number of methoxy groups -OCH3 is 2. The summed E-state index contributed by atoms with van der Waals surface area (Å²) in [5, 5.41) is 2.98. The van der Waals surface area contributed by atoms with E-state index in [0.717, 1.165) is 44.5 Å². The number of hydrogen-bond donors (Lipinski definition) is 1. The number of rotatable bonds is 18. The molecule has 0 saturated carbocycles. The van der Waals surface area contributed by atoms with Gasteiger partial charge in [0.05, 0.1) is 26.4 Å². The molecule has 0 spiro atoms. The summed E-state index contributed by atoms with van der Waals surface area (Å²) in [5.74, 6) is 1.10. The van der Waals surface area contributed by atoms with Gasteiger partial charge >= 0.3 is 0 Å². The number of hydrogen-bond acceptors (Lipinski definition) is 7. The largest absolute Gasteiger partial charge is 0.493 e. The summed E-state index contributed by atoms with van der Waals surface area (Å²) in [5.41, 5.74) is 3.30. The molecule has 0 aromatic heterocycles. The molecule has 1 aliphatic heterocycles. The van der Waals surface area contributed by atoms with Crippen molar-refractivity contribution in [1.29, 1.82) is 0 Å². The van der Waals surface area contributed by atoms with Gasteiger partial charge in [-0.1, -0.05) is 85.0 Å². The third-order valence-corrected chi connectivity index (χ3v) is 7.58. The van der Waals surface area contributed by atoms with E-state index in [1.165, 1.54) is 11.1 Å². The van der Waals surface area contributed by atoms with Crippen LogP contribution in [0.3, 0.4) is 0 Å². The maximum Gasteiger partial charge on any atom is 0.243 e. The molecule has 240 valence electrons. The number of benzene rings is 3. The van der Waals surface area contributed by atoms with Crippen LogP contribution in [0.2, 0.25) is 0 Å². The number of ether oxygens (including phenoxy) is 5. The van der Waals surface area contributed by atoms with Crippen LogP contribution in [0.15, 0.2) is 97.1 Å². The smallest absolute Gasteiger partial charge is 0.243 e. The Bertz CT molecular complexity index is 1280. The number of carbonyl (C=O) groups excluding carboxylic acids is 1. The molecular weight excluding hydrogens is 568 g/mol. The highest BCUT2D eigenvalue weighted by Gasteiger charge is 2.24. The summed E-state index contributed by atoms with van der Waals surface area (Å²) < 4.78 is 28.0. The lowest BCUT2D eigenvalue weighted by Gasteiger charge is -2.34. The zero-order valence-corrected chi connectivity index (χ0v) is 26.4. The van der Waals surface area contributed by atoms with E-state index in [9.17, 15) is 4.79 Å². The van der Waals surface area contributed by atoms with E-state index < -0.39 is 0 Å². The normalized spacial score (nSPS) is 14.4. The summed E-state index contributed by atoms with van der Waals surface area (Å²) >= 11 is 0. The van der Waals surface area contributed by atoms with Gasteiger partial charge in [0.15, 0.2) is 18.3 Å². The van der Waals surface area contributed by atoms with Crippen molar-refractivity contribution in [3.8, 4) is 11.5 Å². The maximum atomic E-state index is 12.3. The van der Waals surface area contributed by atoms with Crippen LogP contribution in [0, 0.1) is 0 Å². The number of likely N-dealkylation sites (tertiary alicyclic amines) is 1. The van der Waals surface area contributed by atoms with Gasteiger partial charge in [-0.3, -0.25) is 4.79 Å². The van der Waals surface area contributed by atoms with Crippen molar-refractivity contribution in [3.63, 3.8) is 0 Å². The van der Waals surface area contributed by atoms with E-state index in [1.807, 2.05) is 42.5 Å². The van der Waals surface area contributed by atoms with E-state index in [2.05, 4.69) is 58.7 Å². The summed E-state index contributed by atoms with van der Waals surface area (Å²) in [6, 6.07) is 26.5. The molecule has 45 heavy (non-hydrogen) atoms. The summed E-state index contributed by atoms with van der Waals surface area (Å²) in [4.78, 5) is 14.7. The topological polar surface area (TPSA) is 78.5 Å². The summed E-state index contributed by atoms with van der Waals surface area (Å²) in [6.45, 7) is 4.68. The molecule has 0 radical (unpaired) electrons. The average Bonchev–Trinajstić information content (AvgIpc) is 3.09. The van der Waals surface area contributed by atoms with Gasteiger partial charge in [-0.2, -0.15) is 0 Å². The first kappa shape index (κ1) is 33.9. The Hall–Kier alpha value is -3.95. The summed E-state index contributed by atoms with van der Waals surface area (Å²) in [7, 11) is 3.22. The van der Waals surface area contributed by atoms with Crippen molar-refractivity contribution in [2.45, 2.75) is 31.5 Å². The van der Waals surface area contributed by atoms with E-state index in [-0.39, 0.29) is 24.9 Å². The van der Waals surface area contributed by atoms with E-state index in [4.69, 9.17) is 23.7 Å². The van der Waals surface area contributed by atoms with Crippen LogP contribution in [0.4, 0.5) is 0 Å². The van der Waals surface area contributed by atoms with Crippen LogP contribution in [0.25, 0.3) is 6.08 Å². The van der Waals surface area contributed by atoms with Gasteiger partial charge in [0.2, 0.25) is 5.91 Å². The average molecular weight is 615 g/mol. The molecule has 1 fully saturated rings. The highest BCUT2D eigenvalue weighted by atomic mass is 16.7. The van der Waals surface area contributed by atoms with Gasteiger partial charge in [-0.25, -0.2) is 0 Å². The van der Waals surface area contributed by atoms with Gasteiger partial charge in [-0.05, 0) is 54.6 Å². The number of carbonyl (C=O) groups is 1. The van der Waals surface area contributed by atoms with Crippen molar-refractivity contribution >= 4 is 12.0 Å². The fraction of sp³-hybridized carbons (Fsp3) is 0.378. The molecule has 3 aromatic carbocycles. The van der Waals surface area contributed by atoms with Crippen molar-refractivity contribution < 1.29 is 28.5 Å². The number of amides is 1. The van der Waals surface area contributed by atoms with Gasteiger partial charge in [0.25, 0.3) is 0 Å². The molecule has 0 bridgehead atoms. The van der Waals surface area contributed by atoms with Crippen LogP contribution < -0.4 is 14.8 Å². The minimum Gasteiger partial charge on any atom is -0.493 e. The molecule has 1 amide bonds. The Morgan fingerprint density at radius 3 is 2.29 bits per heavy atom. The van der Waals surface area contributed by atoms with Crippen LogP contribution in [-0.4, -0.2) is 77.3 Å². The fourth-order valence-corrected chi connectivity index (χ4v) is 5.16. The SMILES string of the molecule is COCCOCOc1ccc(C=CC=CC(=O)NCCCN2CCC(OC(c3ccccc3)c3ccccc3)CC2)cc1OC. The molecule has 0 aliphatic carbocycles. The Morgan fingerprint density at radius 2 is 1.62 bits per heavy atom. The highest BCUT2D eigenvalue weighted by Crippen LogP contribution is 2.30. The third kappa shape index (κ3) is 11.8. The molecule has 1 heterocycles. The molecule has 8 heteroatoms. The van der Waals surface area contributed by atoms with E-state index >= 15 is 0 Å². The minimum absolute atomic E-state index is 0.0537. The van der Waals surface area contributed by atoms with Crippen molar-refractivity contribution in [2.24, 2.45) is 0 Å². The van der Waals surface area contributed by atoms with E-state index in [0.29, 0.717) is 31.3 Å². The number of nitrogens with zero attached hydrogens (tertiary/aromatic N) is 1. The molecule has 4 rings (SSSR count). The second-order valence-electron chi connectivity index (χ2n) is 10.8. The Morgan fingerprint density at radius 1 is 0.911 bits per heavy atom. The molecule has 0 atom stereocenters. The number of allylic oxidation sites excluding steroid dienone is 2. The lowest BCUT2D eigenvalue weighted by molar-refractivity contribution is -0.116. The maximum absolute atomic E-state index is 12.3. The number of nitrogens with one attached hydrogen (secondary N) is 1. The lowest BCUT2D eigenvalue weighted by Crippen LogP contribution is -2.39. The third-order valence-electron chi connectivity index (χ3n) is 7.58. The van der Waals surface area contributed by atoms with Gasteiger partial charge < -0.3 is 33.9 Å². The molecule has 8 nitrogen and oxygen atoms in total. The van der Waals surface area contributed by atoms with Gasteiger partial charge in [0, 0.05) is 32.8 Å². The Labute approximate surface area is 267 Å². The molecular formula is C37H46N2O6. The predicted octanol–water partition coefficient (Wildman–Crippen LogP) is 6.04. The standard InChI is InChI=1S/C37H46N2O6/c1-41-26-27-43-29-44-34-19-18-30(28-35(34)42-2)12-9-10-17-36(40)38-22-11-23-39-24-20-33(21-25-39)45-37(31-13-5-3-6-14-31)32-15-7-4-8-16-32/h3-10,12-19,28,33,37H,11,20-27,29H2,1-2H3,(H,38,40). The predicted molar refractivity (Wildman–Crippen MR) is 177 cm³/mol. The first-order valence-electron chi connectivity index (χ1n) is 15.6. The van der Waals surface area contributed by atoms with Crippen molar-refractivity contribution in [3.05, 3.63) is 114 Å². The zero-order valence-electron chi connectivity index (χ0n) is 26.4. The van der Waals surface area contributed by atoms with Crippen LogP contribution >= 0.6 is 0 Å². The highest BCUT2D eigenvalue weighted by molar-refractivity contribution is 5.87. The molecule has 1 N–H and O–H groups in total. The van der Waals surface area contributed by atoms with Gasteiger partial charge in [0.1, 0.15) is 6.10 Å². The monoisotopic (exact) mass is 614 g/mol. The molecule has 1 saturated heterocycles. The van der Waals surface area contributed by atoms with Crippen molar-refractivity contribution in [1.82, 2.24) is 10.2 Å². The number of piperidine rings is 1. The Balaban J connectivity index is 1.12. The van der Waals surface area contributed by atoms with Gasteiger partial charge in [-0.15, -0.1) is 0 Å². The molecule has 0 unspecified atom stereocenters. The quantitative estimate of drug-likeness (QED) is 0.0810. The fourth-order valence-electron chi connectivity index (χ4n) is 5.16. The lowest BCUT2D eigenvalue weighted by atomic mass is 10.00. The minimum atomic E-state index is -0.102. The first-order chi connectivity index (χ1) is 22.2. The van der Waals surface area contributed by atoms with Crippen LogP contribution in [-0.2, 0) is 19.0 Å². The zero-order chi connectivity index (χ0) is 31.5. The van der Waals surface area contributed by atoms with E-state index in [1.54, 1.807) is 26.4 Å². The Kier molecular flexibility index (Phi) is 14.7. The molecule has 1 aliphatic rings. The van der Waals surface area contributed by atoms with Crippen molar-refractivity contribution in [2.75, 3.05) is 60.4 Å². The van der Waals surface area contributed by atoms with Crippen LogP contribution in [0.5, 0.6) is 11.5 Å². The van der Waals surface area contributed by atoms with Crippen LogP contribution in [0.1, 0.15) is 42.1 Å².